The van der Waals surface area contributed by atoms with E-state index < -0.39 is 0 Å². The molecule has 1 heterocycles. The van der Waals surface area contributed by atoms with Gasteiger partial charge in [0.15, 0.2) is 0 Å². The molecule has 1 aromatic rings. The predicted molar refractivity (Wildman–Crippen MR) is 63.3 cm³/mol. The molecule has 1 N–H and O–H groups in total. The van der Waals surface area contributed by atoms with E-state index in [0.717, 1.165) is 0 Å². The third-order valence-corrected chi connectivity index (χ3v) is 3.69. The van der Waals surface area contributed by atoms with Crippen LogP contribution in [-0.2, 0) is 0 Å². The highest BCUT2D eigenvalue weighted by atomic mass is 79.9. The van der Waals surface area contributed by atoms with E-state index in [0.29, 0.717) is 6.04 Å². The Kier molecular flexibility index (Phi) is 4.16. The number of allylic oxidation sites excluding steroid dienone is 1. The Balaban J connectivity index is 2.91. The fraction of sp³-hybridized carbons (Fsp3) is 0.400. The first kappa shape index (κ1) is 11.0. The van der Waals surface area contributed by atoms with Gasteiger partial charge in [0.25, 0.3) is 0 Å². The molecule has 0 radical (unpaired) electrons. The van der Waals surface area contributed by atoms with Gasteiger partial charge < -0.3 is 5.32 Å². The van der Waals surface area contributed by atoms with Crippen molar-refractivity contribution in [1.29, 1.82) is 0 Å². The molecule has 72 valence electrons. The summed E-state index contributed by atoms with van der Waals surface area (Å²) in [4.78, 5) is 1.34. The van der Waals surface area contributed by atoms with E-state index in [1.165, 1.54) is 14.9 Å². The molecule has 0 aliphatic heterocycles. The molecule has 0 spiro atoms. The van der Waals surface area contributed by atoms with Crippen molar-refractivity contribution >= 4 is 27.3 Å². The van der Waals surface area contributed by atoms with E-state index in [-0.39, 0.29) is 0 Å². The normalized spacial score (nSPS) is 12.6. The van der Waals surface area contributed by atoms with Crippen LogP contribution in [0.15, 0.2) is 27.6 Å². The number of hydrogen-bond acceptors (Lipinski definition) is 2. The van der Waals surface area contributed by atoms with Crippen LogP contribution in [0.4, 0.5) is 0 Å². The lowest BCUT2D eigenvalue weighted by atomic mass is 10.2. The minimum atomic E-state index is 0.333. The fourth-order valence-corrected chi connectivity index (χ4v) is 2.85. The molecule has 0 saturated heterocycles. The number of hydrogen-bond donors (Lipinski definition) is 1. The summed E-state index contributed by atoms with van der Waals surface area (Å²) in [6.07, 6.45) is 2.23. The molecule has 0 aliphatic carbocycles. The summed E-state index contributed by atoms with van der Waals surface area (Å²) in [6.45, 7) is 4.23. The minimum absolute atomic E-state index is 0.333. The fourth-order valence-electron chi connectivity index (χ4n) is 1.15. The van der Waals surface area contributed by atoms with Crippen LogP contribution >= 0.6 is 27.3 Å². The summed E-state index contributed by atoms with van der Waals surface area (Å²) in [6, 6.07) is 2.42. The first-order valence-electron chi connectivity index (χ1n) is 4.20. The molecule has 3 heteroatoms. The number of rotatable bonds is 3. The molecule has 0 amide bonds. The van der Waals surface area contributed by atoms with Gasteiger partial charge in [0.05, 0.1) is 6.04 Å². The molecule has 1 nitrogen and oxygen atoms in total. The second kappa shape index (κ2) is 4.94. The Morgan fingerprint density at radius 1 is 1.62 bits per heavy atom. The molecule has 0 saturated carbocycles. The standard InChI is InChI=1S/C10H14BrNS/c1-7(2)6-9(12-3)10-8(11)4-5-13-10/h4-6,9,12H,1-3H3. The van der Waals surface area contributed by atoms with Crippen LogP contribution in [0.25, 0.3) is 0 Å². The summed E-state index contributed by atoms with van der Waals surface area (Å²) in [5, 5.41) is 5.38. The van der Waals surface area contributed by atoms with Crippen molar-refractivity contribution < 1.29 is 0 Å². The molecule has 0 aromatic carbocycles. The highest BCUT2D eigenvalue weighted by molar-refractivity contribution is 9.10. The van der Waals surface area contributed by atoms with Crippen LogP contribution in [0, 0.1) is 0 Å². The topological polar surface area (TPSA) is 12.0 Å². The Bertz CT molecular complexity index is 300. The summed E-state index contributed by atoms with van der Waals surface area (Å²) in [5.41, 5.74) is 1.33. The van der Waals surface area contributed by atoms with Gasteiger partial charge in [-0.05, 0) is 48.3 Å². The van der Waals surface area contributed by atoms with Crippen LogP contribution in [0.3, 0.4) is 0 Å². The van der Waals surface area contributed by atoms with E-state index in [1.807, 2.05) is 7.05 Å². The van der Waals surface area contributed by atoms with Crippen LogP contribution in [-0.4, -0.2) is 7.05 Å². The molecule has 1 atom stereocenters. The van der Waals surface area contributed by atoms with E-state index in [9.17, 15) is 0 Å². The first-order chi connectivity index (χ1) is 6.15. The second-order valence-electron chi connectivity index (χ2n) is 3.14. The second-order valence-corrected chi connectivity index (χ2v) is 4.95. The Morgan fingerprint density at radius 2 is 2.31 bits per heavy atom. The lowest BCUT2D eigenvalue weighted by Gasteiger charge is -2.11. The molecular formula is C10H14BrNS. The Labute approximate surface area is 92.0 Å². The zero-order valence-electron chi connectivity index (χ0n) is 8.10. The van der Waals surface area contributed by atoms with Crippen LogP contribution in [0.2, 0.25) is 0 Å². The molecule has 1 unspecified atom stereocenters. The molecule has 0 fully saturated rings. The number of nitrogens with one attached hydrogen (secondary N) is 1. The highest BCUT2D eigenvalue weighted by Crippen LogP contribution is 2.30. The average molecular weight is 260 g/mol. The molecular weight excluding hydrogens is 246 g/mol. The summed E-state index contributed by atoms with van der Waals surface area (Å²) < 4.78 is 1.19. The summed E-state index contributed by atoms with van der Waals surface area (Å²) in [5.74, 6) is 0. The first-order valence-corrected chi connectivity index (χ1v) is 5.87. The number of likely N-dealkylation sites (N-methyl/N-ethyl adjacent to an activating group) is 1. The van der Waals surface area contributed by atoms with Crippen LogP contribution in [0.5, 0.6) is 0 Å². The quantitative estimate of drug-likeness (QED) is 0.816. The zero-order chi connectivity index (χ0) is 9.84. The van der Waals surface area contributed by atoms with Crippen molar-refractivity contribution in [3.63, 3.8) is 0 Å². The van der Waals surface area contributed by atoms with Gasteiger partial charge in [0.1, 0.15) is 0 Å². The Hall–Kier alpha value is -0.120. The monoisotopic (exact) mass is 259 g/mol. The summed E-state index contributed by atoms with van der Waals surface area (Å²) in [7, 11) is 1.98. The highest BCUT2D eigenvalue weighted by Gasteiger charge is 2.10. The lowest BCUT2D eigenvalue weighted by molar-refractivity contribution is 0.720. The maximum atomic E-state index is 3.54. The van der Waals surface area contributed by atoms with Crippen molar-refractivity contribution in [1.82, 2.24) is 5.32 Å². The van der Waals surface area contributed by atoms with Gasteiger partial charge in [-0.3, -0.25) is 0 Å². The van der Waals surface area contributed by atoms with Crippen molar-refractivity contribution in [2.45, 2.75) is 19.9 Å². The third kappa shape index (κ3) is 2.93. The number of thiophene rings is 1. The Morgan fingerprint density at radius 3 is 2.69 bits per heavy atom. The van der Waals surface area contributed by atoms with Crippen LogP contribution < -0.4 is 5.32 Å². The van der Waals surface area contributed by atoms with Gasteiger partial charge in [0.2, 0.25) is 0 Å². The van der Waals surface area contributed by atoms with E-state index in [4.69, 9.17) is 0 Å². The molecule has 0 bridgehead atoms. The van der Waals surface area contributed by atoms with Gasteiger partial charge in [0, 0.05) is 9.35 Å². The van der Waals surface area contributed by atoms with Crippen LogP contribution in [0.1, 0.15) is 24.8 Å². The van der Waals surface area contributed by atoms with Crippen molar-refractivity contribution in [2.24, 2.45) is 0 Å². The number of halogens is 1. The van der Waals surface area contributed by atoms with Crippen molar-refractivity contribution in [3.05, 3.63) is 32.4 Å². The lowest BCUT2D eigenvalue weighted by Crippen LogP contribution is -2.13. The third-order valence-electron chi connectivity index (χ3n) is 1.74. The van der Waals surface area contributed by atoms with E-state index >= 15 is 0 Å². The van der Waals surface area contributed by atoms with Crippen molar-refractivity contribution in [2.75, 3.05) is 7.05 Å². The molecule has 1 aromatic heterocycles. The predicted octanol–water partition coefficient (Wildman–Crippen LogP) is 3.74. The summed E-state index contributed by atoms with van der Waals surface area (Å²) >= 11 is 5.31. The minimum Gasteiger partial charge on any atom is -0.309 e. The van der Waals surface area contributed by atoms with Gasteiger partial charge in [-0.1, -0.05) is 11.6 Å². The van der Waals surface area contributed by atoms with Crippen molar-refractivity contribution in [3.8, 4) is 0 Å². The molecule has 0 aliphatic rings. The van der Waals surface area contributed by atoms with E-state index in [1.54, 1.807) is 11.3 Å². The largest absolute Gasteiger partial charge is 0.309 e. The maximum absolute atomic E-state index is 3.54. The van der Waals surface area contributed by atoms with Gasteiger partial charge in [-0.2, -0.15) is 0 Å². The van der Waals surface area contributed by atoms with Gasteiger partial charge >= 0.3 is 0 Å². The maximum Gasteiger partial charge on any atom is 0.0612 e. The SMILES string of the molecule is CNC(C=C(C)C)c1sccc1Br. The van der Waals surface area contributed by atoms with Gasteiger partial charge in [-0.25, -0.2) is 0 Å². The van der Waals surface area contributed by atoms with E-state index in [2.05, 4.69) is 52.6 Å². The molecule has 13 heavy (non-hydrogen) atoms. The molecule has 1 rings (SSSR count). The smallest absolute Gasteiger partial charge is 0.0612 e. The average Bonchev–Trinajstić information content (AvgIpc) is 2.47. The zero-order valence-corrected chi connectivity index (χ0v) is 10.5. The van der Waals surface area contributed by atoms with Gasteiger partial charge in [-0.15, -0.1) is 11.3 Å².